The standard InChI is InChI=1S/C20H23N3O5S/c1-12-5-4-6-18(13(12)2)28-14(3)20(25)22-23-29(26,27)16-8-9-17-15(11-16)7-10-19(24)21-17/h4-6,8-9,11,14,23H,7,10H2,1-3H3,(H,21,24)(H,22,25)/t14-/m0/s1. The molecule has 1 aliphatic heterocycles. The van der Waals surface area contributed by atoms with Crippen LogP contribution in [0.25, 0.3) is 0 Å². The van der Waals surface area contributed by atoms with Gasteiger partial charge in [-0.05, 0) is 68.1 Å². The van der Waals surface area contributed by atoms with Gasteiger partial charge in [-0.15, -0.1) is 4.83 Å². The number of hydrogen-bond donors (Lipinski definition) is 3. The van der Waals surface area contributed by atoms with Gasteiger partial charge in [0.1, 0.15) is 5.75 Å². The largest absolute Gasteiger partial charge is 0.481 e. The van der Waals surface area contributed by atoms with Gasteiger partial charge in [0, 0.05) is 12.1 Å². The van der Waals surface area contributed by atoms with Crippen molar-refractivity contribution < 1.29 is 22.7 Å². The van der Waals surface area contributed by atoms with Gasteiger partial charge >= 0.3 is 0 Å². The summed E-state index contributed by atoms with van der Waals surface area (Å²) >= 11 is 0. The number of sulfonamides is 1. The normalized spacial score (nSPS) is 14.5. The fraction of sp³-hybridized carbons (Fsp3) is 0.300. The van der Waals surface area contributed by atoms with Crippen molar-refractivity contribution in [2.45, 2.75) is 44.6 Å². The second-order valence-electron chi connectivity index (χ2n) is 6.92. The topological polar surface area (TPSA) is 114 Å². The Morgan fingerprint density at radius 1 is 1.17 bits per heavy atom. The molecule has 0 radical (unpaired) electrons. The van der Waals surface area contributed by atoms with Crippen molar-refractivity contribution in [2.24, 2.45) is 0 Å². The van der Waals surface area contributed by atoms with Gasteiger partial charge < -0.3 is 10.1 Å². The average Bonchev–Trinajstić information content (AvgIpc) is 2.69. The van der Waals surface area contributed by atoms with Gasteiger partial charge in [0.25, 0.3) is 15.9 Å². The highest BCUT2D eigenvalue weighted by molar-refractivity contribution is 7.89. The summed E-state index contributed by atoms with van der Waals surface area (Å²) in [6, 6.07) is 9.90. The number of nitrogens with one attached hydrogen (secondary N) is 3. The Hall–Kier alpha value is -2.91. The number of carbonyl (C=O) groups excluding carboxylic acids is 2. The van der Waals surface area contributed by atoms with E-state index in [1.165, 1.54) is 25.1 Å². The fourth-order valence-electron chi connectivity index (χ4n) is 2.90. The van der Waals surface area contributed by atoms with Crippen molar-refractivity contribution >= 4 is 27.5 Å². The zero-order chi connectivity index (χ0) is 21.2. The van der Waals surface area contributed by atoms with Crippen molar-refractivity contribution in [1.29, 1.82) is 0 Å². The monoisotopic (exact) mass is 417 g/mol. The molecule has 154 valence electrons. The van der Waals surface area contributed by atoms with E-state index in [0.29, 0.717) is 24.3 Å². The predicted molar refractivity (Wildman–Crippen MR) is 108 cm³/mol. The Labute approximate surface area is 169 Å². The Kier molecular flexibility index (Phi) is 5.90. The molecule has 29 heavy (non-hydrogen) atoms. The minimum atomic E-state index is -3.97. The highest BCUT2D eigenvalue weighted by atomic mass is 32.2. The van der Waals surface area contributed by atoms with Crippen LogP contribution in [0.3, 0.4) is 0 Å². The molecule has 2 aromatic rings. The first-order valence-corrected chi connectivity index (χ1v) is 10.6. The molecule has 0 bridgehead atoms. The van der Waals surface area contributed by atoms with Crippen LogP contribution < -0.4 is 20.3 Å². The van der Waals surface area contributed by atoms with Crippen LogP contribution in [0.15, 0.2) is 41.3 Å². The lowest BCUT2D eigenvalue weighted by molar-refractivity contribution is -0.127. The first-order chi connectivity index (χ1) is 13.7. The fourth-order valence-corrected chi connectivity index (χ4v) is 3.80. The van der Waals surface area contributed by atoms with Crippen molar-refractivity contribution in [1.82, 2.24) is 10.3 Å². The molecule has 1 atom stereocenters. The van der Waals surface area contributed by atoms with Crippen LogP contribution in [-0.4, -0.2) is 26.3 Å². The van der Waals surface area contributed by atoms with Crippen molar-refractivity contribution in [3.05, 3.63) is 53.1 Å². The Morgan fingerprint density at radius 3 is 2.69 bits per heavy atom. The van der Waals surface area contributed by atoms with E-state index in [1.807, 2.05) is 26.0 Å². The Bertz CT molecular complexity index is 1070. The second-order valence-corrected chi connectivity index (χ2v) is 8.60. The number of aryl methyl sites for hydroxylation is 2. The number of benzene rings is 2. The number of hydrogen-bond acceptors (Lipinski definition) is 5. The number of rotatable bonds is 6. The van der Waals surface area contributed by atoms with Crippen molar-refractivity contribution in [2.75, 3.05) is 5.32 Å². The summed E-state index contributed by atoms with van der Waals surface area (Å²) in [5.74, 6) is -0.164. The van der Waals surface area contributed by atoms with Crippen LogP contribution in [0.1, 0.15) is 30.0 Å². The van der Waals surface area contributed by atoms with Gasteiger partial charge in [-0.3, -0.25) is 15.0 Å². The van der Waals surface area contributed by atoms with Crippen LogP contribution in [0.2, 0.25) is 0 Å². The first kappa shape index (κ1) is 20.8. The third kappa shape index (κ3) is 4.75. The molecule has 9 heteroatoms. The van der Waals surface area contributed by atoms with Gasteiger partial charge in [-0.25, -0.2) is 8.42 Å². The van der Waals surface area contributed by atoms with Crippen LogP contribution >= 0.6 is 0 Å². The lowest BCUT2D eigenvalue weighted by atomic mass is 10.0. The summed E-state index contributed by atoms with van der Waals surface area (Å²) in [6.45, 7) is 5.36. The van der Waals surface area contributed by atoms with E-state index in [2.05, 4.69) is 15.6 Å². The molecule has 0 saturated carbocycles. The number of anilines is 1. The molecule has 8 nitrogen and oxygen atoms in total. The number of carbonyl (C=O) groups is 2. The van der Waals surface area contributed by atoms with Gasteiger partial charge in [-0.2, -0.15) is 0 Å². The molecule has 1 aliphatic rings. The number of hydrazine groups is 1. The maximum atomic E-state index is 12.5. The first-order valence-electron chi connectivity index (χ1n) is 9.14. The van der Waals surface area contributed by atoms with E-state index >= 15 is 0 Å². The predicted octanol–water partition coefficient (Wildman–Crippen LogP) is 1.97. The van der Waals surface area contributed by atoms with E-state index in [9.17, 15) is 18.0 Å². The molecular formula is C20H23N3O5S. The summed E-state index contributed by atoms with van der Waals surface area (Å²) in [5.41, 5.74) is 5.45. The zero-order valence-corrected chi connectivity index (χ0v) is 17.2. The molecule has 0 aliphatic carbocycles. The van der Waals surface area contributed by atoms with Gasteiger partial charge in [-0.1, -0.05) is 12.1 Å². The molecule has 3 rings (SSSR count). The molecular weight excluding hydrogens is 394 g/mol. The lowest BCUT2D eigenvalue weighted by Gasteiger charge is -2.19. The van der Waals surface area contributed by atoms with E-state index in [-0.39, 0.29) is 10.8 Å². The highest BCUT2D eigenvalue weighted by Crippen LogP contribution is 2.25. The van der Waals surface area contributed by atoms with Crippen LogP contribution in [0.4, 0.5) is 5.69 Å². The summed E-state index contributed by atoms with van der Waals surface area (Å²) in [5, 5.41) is 2.69. The van der Waals surface area contributed by atoms with Crippen LogP contribution in [0, 0.1) is 13.8 Å². The molecule has 2 aromatic carbocycles. The SMILES string of the molecule is Cc1cccc(O[C@@H](C)C(=O)NNS(=O)(=O)c2ccc3c(c2)CCC(=O)N3)c1C. The highest BCUT2D eigenvalue weighted by Gasteiger charge is 2.22. The van der Waals surface area contributed by atoms with E-state index in [4.69, 9.17) is 4.74 Å². The third-order valence-electron chi connectivity index (χ3n) is 4.82. The average molecular weight is 417 g/mol. The maximum Gasteiger partial charge on any atom is 0.275 e. The number of amides is 2. The number of fused-ring (bicyclic) bond motifs is 1. The zero-order valence-electron chi connectivity index (χ0n) is 16.4. The minimum Gasteiger partial charge on any atom is -0.481 e. The minimum absolute atomic E-state index is 0.00389. The summed E-state index contributed by atoms with van der Waals surface area (Å²) in [6.07, 6.45) is -0.150. The number of ether oxygens (including phenoxy) is 1. The smallest absolute Gasteiger partial charge is 0.275 e. The Balaban J connectivity index is 1.64. The van der Waals surface area contributed by atoms with E-state index in [1.54, 1.807) is 6.07 Å². The molecule has 0 aromatic heterocycles. The molecule has 2 amide bonds. The molecule has 0 fully saturated rings. The van der Waals surface area contributed by atoms with Crippen molar-refractivity contribution in [3.63, 3.8) is 0 Å². The summed E-state index contributed by atoms with van der Waals surface area (Å²) in [4.78, 5) is 25.8. The van der Waals surface area contributed by atoms with Crippen LogP contribution in [-0.2, 0) is 26.0 Å². The molecule has 3 N–H and O–H groups in total. The van der Waals surface area contributed by atoms with Crippen LogP contribution in [0.5, 0.6) is 5.75 Å². The molecule has 0 saturated heterocycles. The Morgan fingerprint density at radius 2 is 1.93 bits per heavy atom. The van der Waals surface area contributed by atoms with Crippen molar-refractivity contribution in [3.8, 4) is 5.75 Å². The third-order valence-corrected chi connectivity index (χ3v) is 6.06. The summed E-state index contributed by atoms with van der Waals surface area (Å²) in [7, 11) is -3.97. The van der Waals surface area contributed by atoms with Gasteiger partial charge in [0.2, 0.25) is 5.91 Å². The van der Waals surface area contributed by atoms with Gasteiger partial charge in [0.15, 0.2) is 6.10 Å². The molecule has 0 spiro atoms. The second kappa shape index (κ2) is 8.22. The molecule has 0 unspecified atom stereocenters. The summed E-state index contributed by atoms with van der Waals surface area (Å²) < 4.78 is 30.7. The molecule has 1 heterocycles. The lowest BCUT2D eigenvalue weighted by Crippen LogP contribution is -2.47. The quantitative estimate of drug-likeness (QED) is 0.622. The van der Waals surface area contributed by atoms with E-state index in [0.717, 1.165) is 16.7 Å². The maximum absolute atomic E-state index is 12.5. The van der Waals surface area contributed by atoms with E-state index < -0.39 is 22.0 Å². The van der Waals surface area contributed by atoms with Gasteiger partial charge in [0.05, 0.1) is 4.90 Å².